The van der Waals surface area contributed by atoms with Crippen LogP contribution in [0.3, 0.4) is 0 Å². The molecule has 3 amide bonds. The van der Waals surface area contributed by atoms with Gasteiger partial charge in [0.25, 0.3) is 0 Å². The molecule has 0 spiro atoms. The van der Waals surface area contributed by atoms with Gasteiger partial charge in [-0.2, -0.15) is 5.01 Å². The molecular formula is C22H33N3O5. The van der Waals surface area contributed by atoms with E-state index >= 15 is 0 Å². The van der Waals surface area contributed by atoms with Crippen molar-refractivity contribution >= 4 is 17.9 Å². The normalized spacial score (nSPS) is 17.9. The number of nitrogens with zero attached hydrogens (tertiary/aromatic N) is 2. The number of carbonyl (C=O) groups excluding carboxylic acids is 3. The number of benzene rings is 1. The molecular weight excluding hydrogens is 386 g/mol. The highest BCUT2D eigenvalue weighted by Crippen LogP contribution is 2.25. The number of hydrogen-bond donors (Lipinski definition) is 2. The van der Waals surface area contributed by atoms with Crippen molar-refractivity contribution in [3.8, 4) is 0 Å². The number of nitrogens with one attached hydrogen (secondary N) is 1. The van der Waals surface area contributed by atoms with Crippen molar-refractivity contribution < 1.29 is 24.2 Å². The molecule has 1 aliphatic rings. The molecule has 166 valence electrons. The second-order valence-corrected chi connectivity index (χ2v) is 8.28. The lowest BCUT2D eigenvalue weighted by atomic mass is 9.93. The van der Waals surface area contributed by atoms with Crippen LogP contribution in [0.2, 0.25) is 0 Å². The van der Waals surface area contributed by atoms with Crippen molar-refractivity contribution in [2.75, 3.05) is 13.1 Å². The molecule has 8 nitrogen and oxygen atoms in total. The fourth-order valence-electron chi connectivity index (χ4n) is 3.53. The Balaban J connectivity index is 2.18. The van der Waals surface area contributed by atoms with E-state index < -0.39 is 18.2 Å². The molecule has 1 unspecified atom stereocenters. The van der Waals surface area contributed by atoms with E-state index in [1.807, 2.05) is 44.2 Å². The maximum atomic E-state index is 13.0. The maximum absolute atomic E-state index is 13.0. The van der Waals surface area contributed by atoms with Gasteiger partial charge in [0.05, 0.1) is 0 Å². The highest BCUT2D eigenvalue weighted by atomic mass is 16.6. The summed E-state index contributed by atoms with van der Waals surface area (Å²) in [6.45, 7) is 7.84. The van der Waals surface area contributed by atoms with Crippen molar-refractivity contribution in [3.05, 3.63) is 35.9 Å². The molecule has 1 aliphatic heterocycles. The average Bonchev–Trinajstić information content (AvgIpc) is 3.10. The fraction of sp³-hybridized carbons (Fsp3) is 0.591. The summed E-state index contributed by atoms with van der Waals surface area (Å²) in [6, 6.07) is 9.19. The molecule has 1 heterocycles. The number of rotatable bonds is 8. The van der Waals surface area contributed by atoms with Gasteiger partial charge in [-0.1, -0.05) is 51.1 Å². The van der Waals surface area contributed by atoms with E-state index in [0.29, 0.717) is 19.4 Å². The van der Waals surface area contributed by atoms with E-state index in [1.165, 1.54) is 11.9 Å². The Bertz CT molecular complexity index is 725. The van der Waals surface area contributed by atoms with Gasteiger partial charge in [-0.05, 0) is 24.3 Å². The zero-order chi connectivity index (χ0) is 22.3. The number of hydrogen-bond acceptors (Lipinski definition) is 5. The van der Waals surface area contributed by atoms with Crippen LogP contribution in [-0.4, -0.2) is 52.3 Å². The quantitative estimate of drug-likeness (QED) is 0.498. The SMILES string of the molecule is CC(=O)N(CC(C)C)N(C(=O)OCc1ccccc1)C(O)[C@@H](C)C[C@@H]1CCNC1=O. The molecule has 8 heteroatoms. The molecule has 2 rings (SSSR count). The van der Waals surface area contributed by atoms with Crippen molar-refractivity contribution in [3.63, 3.8) is 0 Å². The summed E-state index contributed by atoms with van der Waals surface area (Å²) in [5.74, 6) is -0.991. The summed E-state index contributed by atoms with van der Waals surface area (Å²) < 4.78 is 5.42. The van der Waals surface area contributed by atoms with Crippen molar-refractivity contribution in [2.24, 2.45) is 17.8 Å². The number of ether oxygens (including phenoxy) is 1. The lowest BCUT2D eigenvalue weighted by molar-refractivity contribution is -0.172. The minimum Gasteiger partial charge on any atom is -0.443 e. The maximum Gasteiger partial charge on any atom is 0.431 e. The first kappa shape index (κ1) is 23.7. The summed E-state index contributed by atoms with van der Waals surface area (Å²) >= 11 is 0. The van der Waals surface area contributed by atoms with E-state index in [-0.39, 0.29) is 36.8 Å². The van der Waals surface area contributed by atoms with Crippen LogP contribution in [-0.2, 0) is 20.9 Å². The van der Waals surface area contributed by atoms with Crippen LogP contribution in [0.5, 0.6) is 0 Å². The van der Waals surface area contributed by atoms with Gasteiger partial charge in [0, 0.05) is 31.8 Å². The Labute approximate surface area is 178 Å². The number of hydrazine groups is 1. The first-order chi connectivity index (χ1) is 14.2. The van der Waals surface area contributed by atoms with Crippen LogP contribution in [0.1, 0.15) is 46.1 Å². The molecule has 0 saturated carbocycles. The molecule has 1 aromatic rings. The van der Waals surface area contributed by atoms with Crippen LogP contribution in [0.25, 0.3) is 0 Å². The molecule has 3 atom stereocenters. The third-order valence-electron chi connectivity index (χ3n) is 5.13. The number of aliphatic hydroxyl groups is 1. The third-order valence-corrected chi connectivity index (χ3v) is 5.13. The summed E-state index contributed by atoms with van der Waals surface area (Å²) in [5, 5.41) is 16.0. The molecule has 1 saturated heterocycles. The lowest BCUT2D eigenvalue weighted by Crippen LogP contribution is -2.57. The zero-order valence-electron chi connectivity index (χ0n) is 18.2. The predicted molar refractivity (Wildman–Crippen MR) is 112 cm³/mol. The van der Waals surface area contributed by atoms with Gasteiger partial charge in [0.15, 0.2) is 6.23 Å². The molecule has 0 aliphatic carbocycles. The Morgan fingerprint density at radius 3 is 2.43 bits per heavy atom. The summed E-state index contributed by atoms with van der Waals surface area (Å²) in [7, 11) is 0. The topological polar surface area (TPSA) is 99.2 Å². The summed E-state index contributed by atoms with van der Waals surface area (Å²) in [6.07, 6.45) is -1.01. The number of amides is 3. The van der Waals surface area contributed by atoms with Gasteiger partial charge < -0.3 is 15.2 Å². The lowest BCUT2D eigenvalue weighted by Gasteiger charge is -2.39. The van der Waals surface area contributed by atoms with Crippen LogP contribution in [0, 0.1) is 17.8 Å². The van der Waals surface area contributed by atoms with E-state index in [9.17, 15) is 19.5 Å². The van der Waals surface area contributed by atoms with Crippen LogP contribution in [0.15, 0.2) is 30.3 Å². The highest BCUT2D eigenvalue weighted by Gasteiger charge is 2.37. The molecule has 2 N–H and O–H groups in total. The smallest absolute Gasteiger partial charge is 0.431 e. The monoisotopic (exact) mass is 419 g/mol. The van der Waals surface area contributed by atoms with E-state index in [1.54, 1.807) is 6.92 Å². The average molecular weight is 420 g/mol. The molecule has 0 aromatic heterocycles. The van der Waals surface area contributed by atoms with Gasteiger partial charge >= 0.3 is 6.09 Å². The highest BCUT2D eigenvalue weighted by molar-refractivity contribution is 5.80. The number of carbonyl (C=O) groups is 3. The fourth-order valence-corrected chi connectivity index (χ4v) is 3.53. The van der Waals surface area contributed by atoms with Gasteiger partial charge in [-0.15, -0.1) is 0 Å². The zero-order valence-corrected chi connectivity index (χ0v) is 18.2. The van der Waals surface area contributed by atoms with Gasteiger partial charge in [-0.3, -0.25) is 9.59 Å². The molecule has 0 radical (unpaired) electrons. The Morgan fingerprint density at radius 1 is 1.23 bits per heavy atom. The Kier molecular flexibility index (Phi) is 8.65. The van der Waals surface area contributed by atoms with E-state index in [2.05, 4.69) is 5.32 Å². The minimum atomic E-state index is -1.30. The molecule has 0 bridgehead atoms. The second-order valence-electron chi connectivity index (χ2n) is 8.28. The Hall–Kier alpha value is -2.61. The first-order valence-electron chi connectivity index (χ1n) is 10.4. The second kappa shape index (κ2) is 11.0. The van der Waals surface area contributed by atoms with E-state index in [4.69, 9.17) is 4.74 Å². The summed E-state index contributed by atoms with van der Waals surface area (Å²) in [4.78, 5) is 37.2. The largest absolute Gasteiger partial charge is 0.443 e. The number of aliphatic hydroxyl groups excluding tert-OH is 1. The molecule has 30 heavy (non-hydrogen) atoms. The van der Waals surface area contributed by atoms with Gasteiger partial charge in [0.1, 0.15) is 6.61 Å². The Morgan fingerprint density at radius 2 is 1.90 bits per heavy atom. The van der Waals surface area contributed by atoms with Crippen molar-refractivity contribution in [2.45, 2.75) is 53.4 Å². The van der Waals surface area contributed by atoms with Crippen LogP contribution < -0.4 is 5.32 Å². The van der Waals surface area contributed by atoms with Crippen molar-refractivity contribution in [1.29, 1.82) is 0 Å². The van der Waals surface area contributed by atoms with E-state index in [0.717, 1.165) is 10.6 Å². The first-order valence-corrected chi connectivity index (χ1v) is 10.4. The standard InChI is InChI=1S/C22H33N3O5/c1-15(2)13-24(17(4)26)25(22(29)30-14-18-8-6-5-7-9-18)21(28)16(3)12-19-10-11-23-20(19)27/h5-9,15-16,19,21,28H,10-14H2,1-4H3,(H,23,27)/t16-,19-,21?/m0/s1. The summed E-state index contributed by atoms with van der Waals surface area (Å²) in [5.41, 5.74) is 0.800. The van der Waals surface area contributed by atoms with Gasteiger partial charge in [0.2, 0.25) is 11.8 Å². The minimum absolute atomic E-state index is 0.0235. The molecule has 1 fully saturated rings. The van der Waals surface area contributed by atoms with Crippen molar-refractivity contribution in [1.82, 2.24) is 15.3 Å². The van der Waals surface area contributed by atoms with Crippen LogP contribution >= 0.6 is 0 Å². The third kappa shape index (κ3) is 6.45. The predicted octanol–water partition coefficient (Wildman–Crippen LogP) is 2.53. The molecule has 1 aromatic carbocycles. The van der Waals surface area contributed by atoms with Crippen LogP contribution in [0.4, 0.5) is 4.79 Å². The van der Waals surface area contributed by atoms with Gasteiger partial charge in [-0.25, -0.2) is 9.80 Å².